The largest absolute Gasteiger partial charge is 0.396 e. The minimum Gasteiger partial charge on any atom is -0.396 e. The van der Waals surface area contributed by atoms with Crippen LogP contribution in [0, 0.1) is 5.82 Å². The Morgan fingerprint density at radius 2 is 2.32 bits per heavy atom. The maximum atomic E-state index is 13.2. The fourth-order valence-corrected chi connectivity index (χ4v) is 1.43. The number of hydrogen-bond donors (Lipinski definition) is 2. The standard InChI is InChI=1S/C12H12FN3O3/c1-18-6-8-5-11(16-19-8)12(17)15-7-2-3-10(14)9(13)4-7/h2-5H,6,14H2,1H3,(H,15,17). The molecule has 0 radical (unpaired) electrons. The second-order valence-corrected chi connectivity index (χ2v) is 3.80. The molecule has 19 heavy (non-hydrogen) atoms. The molecule has 0 unspecified atom stereocenters. The molecule has 100 valence electrons. The molecule has 1 amide bonds. The molecule has 0 fully saturated rings. The number of methoxy groups -OCH3 is 1. The summed E-state index contributed by atoms with van der Waals surface area (Å²) in [6.45, 7) is 0.219. The molecule has 6 nitrogen and oxygen atoms in total. The molecule has 2 aromatic rings. The maximum absolute atomic E-state index is 13.2. The van der Waals surface area contributed by atoms with Gasteiger partial charge in [0.25, 0.3) is 5.91 Å². The Labute approximate surface area is 108 Å². The lowest BCUT2D eigenvalue weighted by atomic mass is 10.2. The number of aromatic nitrogens is 1. The normalized spacial score (nSPS) is 10.4. The van der Waals surface area contributed by atoms with E-state index in [1.165, 1.54) is 25.3 Å². The number of anilines is 2. The van der Waals surface area contributed by atoms with Crippen LogP contribution < -0.4 is 11.1 Å². The van der Waals surface area contributed by atoms with Crippen LogP contribution >= 0.6 is 0 Å². The number of halogens is 1. The van der Waals surface area contributed by atoms with Crippen LogP contribution in [0.25, 0.3) is 0 Å². The first-order chi connectivity index (χ1) is 9.10. The van der Waals surface area contributed by atoms with E-state index in [2.05, 4.69) is 10.5 Å². The Bertz CT molecular complexity index is 598. The van der Waals surface area contributed by atoms with E-state index in [9.17, 15) is 9.18 Å². The van der Waals surface area contributed by atoms with E-state index in [-0.39, 0.29) is 23.7 Å². The first-order valence-electron chi connectivity index (χ1n) is 5.41. The number of nitrogens with one attached hydrogen (secondary N) is 1. The Kier molecular flexibility index (Phi) is 3.76. The highest BCUT2D eigenvalue weighted by Gasteiger charge is 2.13. The summed E-state index contributed by atoms with van der Waals surface area (Å²) >= 11 is 0. The SMILES string of the molecule is COCc1cc(C(=O)Nc2ccc(N)c(F)c2)no1. The number of ether oxygens (including phenoxy) is 1. The summed E-state index contributed by atoms with van der Waals surface area (Å²) < 4.78 is 22.9. The lowest BCUT2D eigenvalue weighted by molar-refractivity contribution is 0.101. The van der Waals surface area contributed by atoms with Crippen molar-refractivity contribution >= 4 is 17.3 Å². The Balaban J connectivity index is 2.09. The van der Waals surface area contributed by atoms with E-state index in [1.54, 1.807) is 0 Å². The van der Waals surface area contributed by atoms with E-state index in [0.717, 1.165) is 6.07 Å². The summed E-state index contributed by atoms with van der Waals surface area (Å²) in [5.74, 6) is -0.676. The molecule has 0 aliphatic rings. The molecular weight excluding hydrogens is 253 g/mol. The molecule has 0 bridgehead atoms. The van der Waals surface area contributed by atoms with Crippen LogP contribution in [0.3, 0.4) is 0 Å². The number of amides is 1. The molecule has 0 saturated heterocycles. The van der Waals surface area contributed by atoms with E-state index >= 15 is 0 Å². The van der Waals surface area contributed by atoms with Gasteiger partial charge in [0, 0.05) is 18.9 Å². The topological polar surface area (TPSA) is 90.4 Å². The average Bonchev–Trinajstić information content (AvgIpc) is 2.83. The van der Waals surface area contributed by atoms with Crippen molar-refractivity contribution < 1.29 is 18.4 Å². The van der Waals surface area contributed by atoms with Crippen molar-refractivity contribution in [2.75, 3.05) is 18.2 Å². The third-order valence-corrected chi connectivity index (χ3v) is 2.34. The average molecular weight is 265 g/mol. The van der Waals surface area contributed by atoms with Crippen LogP contribution in [0.2, 0.25) is 0 Å². The van der Waals surface area contributed by atoms with Crippen molar-refractivity contribution in [3.8, 4) is 0 Å². The zero-order chi connectivity index (χ0) is 13.8. The van der Waals surface area contributed by atoms with Crippen molar-refractivity contribution in [1.82, 2.24) is 5.16 Å². The highest BCUT2D eigenvalue weighted by molar-refractivity contribution is 6.02. The van der Waals surface area contributed by atoms with Gasteiger partial charge < -0.3 is 20.3 Å². The summed E-state index contributed by atoms with van der Waals surface area (Å²) in [6, 6.07) is 5.44. The van der Waals surface area contributed by atoms with Crippen LogP contribution in [0.5, 0.6) is 0 Å². The van der Waals surface area contributed by atoms with E-state index in [4.69, 9.17) is 15.0 Å². The van der Waals surface area contributed by atoms with Crippen molar-refractivity contribution in [2.24, 2.45) is 0 Å². The monoisotopic (exact) mass is 265 g/mol. The molecule has 7 heteroatoms. The fourth-order valence-electron chi connectivity index (χ4n) is 1.43. The molecule has 2 rings (SSSR count). The zero-order valence-electron chi connectivity index (χ0n) is 10.1. The molecule has 1 heterocycles. The number of carbonyl (C=O) groups excluding carboxylic acids is 1. The zero-order valence-corrected chi connectivity index (χ0v) is 10.1. The highest BCUT2D eigenvalue weighted by atomic mass is 19.1. The van der Waals surface area contributed by atoms with Crippen LogP contribution in [0.4, 0.5) is 15.8 Å². The minimum absolute atomic E-state index is 0.0156. The summed E-state index contributed by atoms with van der Waals surface area (Å²) in [6.07, 6.45) is 0. The van der Waals surface area contributed by atoms with Crippen LogP contribution in [-0.2, 0) is 11.3 Å². The fraction of sp³-hybridized carbons (Fsp3) is 0.167. The number of nitrogen functional groups attached to an aromatic ring is 1. The van der Waals surface area contributed by atoms with Crippen molar-refractivity contribution in [3.05, 3.63) is 41.5 Å². The number of benzene rings is 1. The Morgan fingerprint density at radius 3 is 3.00 bits per heavy atom. The van der Waals surface area contributed by atoms with Crippen molar-refractivity contribution in [2.45, 2.75) is 6.61 Å². The smallest absolute Gasteiger partial charge is 0.277 e. The quantitative estimate of drug-likeness (QED) is 0.822. The number of carbonyl (C=O) groups is 1. The summed E-state index contributed by atoms with van der Waals surface area (Å²) in [5.41, 5.74) is 5.73. The molecule has 0 aliphatic heterocycles. The molecule has 3 N–H and O–H groups in total. The van der Waals surface area contributed by atoms with E-state index in [1.807, 2.05) is 0 Å². The van der Waals surface area contributed by atoms with Crippen molar-refractivity contribution in [1.29, 1.82) is 0 Å². The minimum atomic E-state index is -0.599. The summed E-state index contributed by atoms with van der Waals surface area (Å²) in [4.78, 5) is 11.8. The van der Waals surface area contributed by atoms with Gasteiger partial charge in [0.15, 0.2) is 11.5 Å². The number of rotatable bonds is 4. The third kappa shape index (κ3) is 3.08. The summed E-state index contributed by atoms with van der Waals surface area (Å²) in [5, 5.41) is 6.07. The molecule has 0 spiro atoms. The van der Waals surface area contributed by atoms with Gasteiger partial charge in [-0.2, -0.15) is 0 Å². The predicted molar refractivity (Wildman–Crippen MR) is 66.0 cm³/mol. The van der Waals surface area contributed by atoms with Gasteiger partial charge in [0.05, 0.1) is 5.69 Å². The first-order valence-corrected chi connectivity index (χ1v) is 5.41. The highest BCUT2D eigenvalue weighted by Crippen LogP contribution is 2.16. The van der Waals surface area contributed by atoms with Crippen LogP contribution in [0.1, 0.15) is 16.2 Å². The Morgan fingerprint density at radius 1 is 1.53 bits per heavy atom. The van der Waals surface area contributed by atoms with Gasteiger partial charge in [0.2, 0.25) is 0 Å². The molecule has 0 atom stereocenters. The van der Waals surface area contributed by atoms with Gasteiger partial charge >= 0.3 is 0 Å². The molecule has 1 aromatic heterocycles. The Hall–Kier alpha value is -2.41. The second kappa shape index (κ2) is 5.49. The molecule has 0 aliphatic carbocycles. The van der Waals surface area contributed by atoms with Gasteiger partial charge in [-0.25, -0.2) is 4.39 Å². The van der Waals surface area contributed by atoms with Gasteiger partial charge in [-0.05, 0) is 18.2 Å². The number of nitrogens with two attached hydrogens (primary N) is 1. The van der Waals surface area contributed by atoms with Gasteiger partial charge in [0.1, 0.15) is 12.4 Å². The van der Waals surface area contributed by atoms with Gasteiger partial charge in [-0.1, -0.05) is 5.16 Å². The van der Waals surface area contributed by atoms with E-state index < -0.39 is 11.7 Å². The second-order valence-electron chi connectivity index (χ2n) is 3.80. The third-order valence-electron chi connectivity index (χ3n) is 2.34. The predicted octanol–water partition coefficient (Wildman–Crippen LogP) is 1.79. The summed E-state index contributed by atoms with van der Waals surface area (Å²) in [7, 11) is 1.50. The van der Waals surface area contributed by atoms with Gasteiger partial charge in [-0.15, -0.1) is 0 Å². The number of nitrogens with zero attached hydrogens (tertiary/aromatic N) is 1. The lowest BCUT2D eigenvalue weighted by Gasteiger charge is -2.03. The van der Waals surface area contributed by atoms with Crippen LogP contribution in [0.15, 0.2) is 28.8 Å². The first kappa shape index (κ1) is 13.0. The molecule has 1 aromatic carbocycles. The van der Waals surface area contributed by atoms with E-state index in [0.29, 0.717) is 5.76 Å². The maximum Gasteiger partial charge on any atom is 0.277 e. The van der Waals surface area contributed by atoms with Gasteiger partial charge in [-0.3, -0.25) is 4.79 Å². The van der Waals surface area contributed by atoms with Crippen LogP contribution in [-0.4, -0.2) is 18.2 Å². The molecule has 0 saturated carbocycles. The number of hydrogen-bond acceptors (Lipinski definition) is 5. The molecular formula is C12H12FN3O3. The van der Waals surface area contributed by atoms with Crippen molar-refractivity contribution in [3.63, 3.8) is 0 Å². The lowest BCUT2D eigenvalue weighted by Crippen LogP contribution is -2.12.